The molecule has 1 aromatic heterocycles. The van der Waals surface area contributed by atoms with E-state index in [-0.39, 0.29) is 4.90 Å². The molecule has 0 spiro atoms. The van der Waals surface area contributed by atoms with Gasteiger partial charge in [0.25, 0.3) is 0 Å². The Morgan fingerprint density at radius 3 is 2.21 bits per heavy atom. The molecular formula is C13H15ClN2O6S2. The minimum absolute atomic E-state index is 0.286. The average molecular weight is 395 g/mol. The number of hydrogen-bond donors (Lipinski definition) is 1. The lowest BCUT2D eigenvalue weighted by atomic mass is 10.0. The zero-order valence-corrected chi connectivity index (χ0v) is 14.8. The van der Waals surface area contributed by atoms with Crippen molar-refractivity contribution in [1.82, 2.24) is 0 Å². The molecule has 0 bridgehead atoms. The van der Waals surface area contributed by atoms with Gasteiger partial charge in [0.1, 0.15) is 0 Å². The number of benzene rings is 1. The number of fused-ring (bicyclic) bond motifs is 1. The Hall–Kier alpha value is -1.27. The van der Waals surface area contributed by atoms with E-state index in [1.165, 1.54) is 34.8 Å². The molecule has 11 heteroatoms. The summed E-state index contributed by atoms with van der Waals surface area (Å²) in [7, 11) is -8.43. The Labute approximate surface area is 145 Å². The fraction of sp³-hybridized carbons (Fsp3) is 0.308. The molecule has 0 amide bonds. The summed E-state index contributed by atoms with van der Waals surface area (Å²) in [6, 6.07) is 8.43. The minimum Gasteiger partial charge on any atom is -0.222 e. The largest absolute Gasteiger partial charge is 0.307 e. The summed E-state index contributed by atoms with van der Waals surface area (Å²) in [4.78, 5) is 4.18. The molecule has 1 N–H and O–H groups in total. The Bertz CT molecular complexity index is 744. The molecule has 0 aliphatic heterocycles. The third kappa shape index (κ3) is 5.98. The Kier molecular flexibility index (Phi) is 6.15. The highest BCUT2D eigenvalue weighted by molar-refractivity contribution is 7.92. The molecule has 1 aromatic carbocycles. The molecule has 0 saturated carbocycles. The van der Waals surface area contributed by atoms with Gasteiger partial charge >= 0.3 is 10.0 Å². The van der Waals surface area contributed by atoms with E-state index in [1.807, 2.05) is 6.20 Å². The van der Waals surface area contributed by atoms with Crippen molar-refractivity contribution in [3.63, 3.8) is 0 Å². The van der Waals surface area contributed by atoms with Crippen molar-refractivity contribution in [3.8, 4) is 0 Å². The zero-order valence-electron chi connectivity index (χ0n) is 12.4. The summed E-state index contributed by atoms with van der Waals surface area (Å²) < 4.78 is 60.0. The fourth-order valence-electron chi connectivity index (χ4n) is 2.24. The predicted molar refractivity (Wildman–Crippen MR) is 74.1 cm³/mol. The van der Waals surface area contributed by atoms with E-state index in [9.17, 15) is 8.42 Å². The molecule has 1 heterocycles. The van der Waals surface area contributed by atoms with Crippen molar-refractivity contribution < 1.29 is 41.4 Å². The fourth-order valence-corrected chi connectivity index (χ4v) is 4.52. The summed E-state index contributed by atoms with van der Waals surface area (Å²) in [6.07, 6.45) is 6.39. The van der Waals surface area contributed by atoms with Crippen LogP contribution in [0.3, 0.4) is 0 Å². The summed E-state index contributed by atoms with van der Waals surface area (Å²) in [5.74, 6) is 0. The van der Waals surface area contributed by atoms with Crippen molar-refractivity contribution >= 4 is 21.6 Å². The highest BCUT2D eigenvalue weighted by Crippen LogP contribution is 2.22. The average Bonchev–Trinajstić information content (AvgIpc) is 2.87. The van der Waals surface area contributed by atoms with Gasteiger partial charge in [-0.05, 0) is 41.9 Å². The monoisotopic (exact) mass is 394 g/mol. The van der Waals surface area contributed by atoms with Gasteiger partial charge < -0.3 is 0 Å². The number of aryl methyl sites for hydroxylation is 2. The molecule has 0 radical (unpaired) electrons. The van der Waals surface area contributed by atoms with Crippen LogP contribution in [0.5, 0.6) is 0 Å². The molecule has 8 nitrogen and oxygen atoms in total. The van der Waals surface area contributed by atoms with Crippen LogP contribution in [-0.2, 0) is 22.9 Å². The molecule has 24 heavy (non-hydrogen) atoms. The first-order valence-corrected chi connectivity index (χ1v) is 10.4. The lowest BCUT2D eigenvalue weighted by molar-refractivity contribution is -2.00. The van der Waals surface area contributed by atoms with E-state index in [4.69, 9.17) is 18.6 Å². The summed E-state index contributed by atoms with van der Waals surface area (Å²) in [5.41, 5.74) is 1.27. The lowest BCUT2D eigenvalue weighted by Gasteiger charge is -2.17. The summed E-state index contributed by atoms with van der Waals surface area (Å²) >= 11 is 1.48. The van der Waals surface area contributed by atoms with E-state index in [1.54, 1.807) is 34.4 Å². The number of nitrogens with one attached hydrogen (secondary N) is 1. The molecule has 3 rings (SSSR count). The smallest absolute Gasteiger partial charge is 0.222 e. The number of halogens is 1. The van der Waals surface area contributed by atoms with Crippen molar-refractivity contribution in [2.45, 2.75) is 30.6 Å². The number of rotatable bonds is 3. The number of hydrogen-bond acceptors (Lipinski definition) is 7. The molecule has 0 fully saturated rings. The SMILES string of the molecule is O=S(=O)(N[n+]1cc2c(s1)CCCC2)c1ccccc1.[O-][Cl+3]([O-])([O-])[O-]. The Balaban J connectivity index is 0.000000368. The van der Waals surface area contributed by atoms with E-state index >= 15 is 0 Å². The van der Waals surface area contributed by atoms with Crippen LogP contribution in [0.4, 0.5) is 0 Å². The van der Waals surface area contributed by atoms with Crippen LogP contribution >= 0.6 is 11.5 Å². The van der Waals surface area contributed by atoms with Gasteiger partial charge in [0.05, 0.1) is 9.77 Å². The third-order valence-corrected chi connectivity index (χ3v) is 5.73. The standard InChI is InChI=1S/C13H15N2O2S2.ClHO4/c16-19(17,12-7-2-1-3-8-12)14-15-10-11-6-4-5-9-13(11)18-15;2-1(3,4)5/h1-3,7-8,10,14H,4-6,9H2;(H,2,3,4,5)/q+1;/p-1. The van der Waals surface area contributed by atoms with Crippen molar-refractivity contribution in [1.29, 1.82) is 0 Å². The first kappa shape index (κ1) is 19.1. The minimum atomic E-state index is -4.94. The molecule has 2 aromatic rings. The van der Waals surface area contributed by atoms with Gasteiger partial charge in [-0.1, -0.05) is 23.0 Å². The molecule has 0 saturated heterocycles. The highest BCUT2D eigenvalue weighted by atomic mass is 35.7. The van der Waals surface area contributed by atoms with Crippen LogP contribution in [0.1, 0.15) is 23.3 Å². The van der Waals surface area contributed by atoms with E-state index in [0.717, 1.165) is 12.8 Å². The molecule has 1 aliphatic carbocycles. The van der Waals surface area contributed by atoms with Gasteiger partial charge in [0.15, 0.2) is 11.5 Å². The first-order chi connectivity index (χ1) is 11.1. The predicted octanol–water partition coefficient (Wildman–Crippen LogP) is -2.91. The second-order valence-corrected chi connectivity index (χ2v) is 8.47. The molecule has 132 valence electrons. The second kappa shape index (κ2) is 7.74. The van der Waals surface area contributed by atoms with Crippen molar-refractivity contribution in [2.75, 3.05) is 4.83 Å². The van der Waals surface area contributed by atoms with Gasteiger partial charge in [-0.3, -0.25) is 0 Å². The summed E-state index contributed by atoms with van der Waals surface area (Å²) in [5, 5.41) is 0. The molecular weight excluding hydrogens is 380 g/mol. The molecule has 0 unspecified atom stereocenters. The second-order valence-electron chi connectivity index (χ2n) is 4.99. The zero-order chi connectivity index (χ0) is 17.8. The number of nitrogens with zero attached hydrogens (tertiary/aromatic N) is 1. The van der Waals surface area contributed by atoms with Crippen molar-refractivity contribution in [2.24, 2.45) is 0 Å². The van der Waals surface area contributed by atoms with Crippen LogP contribution in [0.2, 0.25) is 0 Å². The maximum Gasteiger partial charge on any atom is 0.307 e. The van der Waals surface area contributed by atoms with E-state index in [2.05, 4.69) is 4.83 Å². The van der Waals surface area contributed by atoms with Crippen molar-refractivity contribution in [3.05, 3.63) is 47.0 Å². The quantitative estimate of drug-likeness (QED) is 0.553. The first-order valence-electron chi connectivity index (χ1n) is 6.88. The van der Waals surface area contributed by atoms with Crippen LogP contribution in [0.25, 0.3) is 0 Å². The number of sulfonamides is 1. The highest BCUT2D eigenvalue weighted by Gasteiger charge is 2.24. The maximum atomic E-state index is 12.2. The maximum absolute atomic E-state index is 12.2. The molecule has 0 atom stereocenters. The summed E-state index contributed by atoms with van der Waals surface area (Å²) in [6.45, 7) is 0. The van der Waals surface area contributed by atoms with E-state index in [0.29, 0.717) is 0 Å². The Morgan fingerprint density at radius 2 is 1.62 bits per heavy atom. The van der Waals surface area contributed by atoms with Crippen LogP contribution in [0, 0.1) is 10.2 Å². The number of aromatic nitrogens is 1. The third-order valence-electron chi connectivity index (χ3n) is 3.20. The topological polar surface area (TPSA) is 142 Å². The van der Waals surface area contributed by atoms with Gasteiger partial charge in [-0.25, -0.2) is 18.6 Å². The Morgan fingerprint density at radius 1 is 1.04 bits per heavy atom. The normalized spacial score (nSPS) is 14.3. The van der Waals surface area contributed by atoms with Crippen LogP contribution < -0.4 is 27.5 Å². The van der Waals surface area contributed by atoms with Crippen LogP contribution in [-0.4, -0.2) is 8.42 Å². The van der Waals surface area contributed by atoms with Gasteiger partial charge in [0, 0.05) is 5.56 Å². The lowest BCUT2D eigenvalue weighted by Crippen LogP contribution is -2.68. The van der Waals surface area contributed by atoms with Gasteiger partial charge in [0.2, 0.25) is 6.20 Å². The van der Waals surface area contributed by atoms with Gasteiger partial charge in [-0.2, -0.15) is 8.42 Å². The molecule has 1 aliphatic rings. The van der Waals surface area contributed by atoms with Crippen LogP contribution in [0.15, 0.2) is 41.4 Å². The van der Waals surface area contributed by atoms with Gasteiger partial charge in [-0.15, -0.1) is 10.2 Å². The van der Waals surface area contributed by atoms with E-state index < -0.39 is 20.3 Å².